The third-order valence-electron chi connectivity index (χ3n) is 4.67. The molecule has 0 saturated carbocycles. The van der Waals surface area contributed by atoms with Gasteiger partial charge in [0, 0.05) is 37.9 Å². The van der Waals surface area contributed by atoms with Crippen molar-refractivity contribution in [1.29, 1.82) is 0 Å². The number of anilines is 2. The molecule has 1 aromatic heterocycles. The van der Waals surface area contributed by atoms with Gasteiger partial charge in [-0.05, 0) is 37.1 Å². The van der Waals surface area contributed by atoms with Crippen LogP contribution in [0.3, 0.4) is 0 Å². The number of piperidine rings is 1. The highest BCUT2D eigenvalue weighted by Gasteiger charge is 2.26. The Kier molecular flexibility index (Phi) is 4.97. The fraction of sp³-hybridized carbons (Fsp3) is 0.316. The van der Waals surface area contributed by atoms with E-state index in [0.29, 0.717) is 31.5 Å². The van der Waals surface area contributed by atoms with E-state index < -0.39 is 0 Å². The molecule has 130 valence electrons. The Labute approximate surface area is 147 Å². The molecule has 3 rings (SSSR count). The van der Waals surface area contributed by atoms with E-state index in [1.54, 1.807) is 17.2 Å². The maximum absolute atomic E-state index is 12.6. The molecule has 2 amide bonds. The first-order chi connectivity index (χ1) is 12.1. The van der Waals surface area contributed by atoms with Gasteiger partial charge in [-0.15, -0.1) is 0 Å². The highest BCUT2D eigenvalue weighted by atomic mass is 16.2. The molecule has 1 fully saturated rings. The first-order valence-corrected chi connectivity index (χ1v) is 8.39. The van der Waals surface area contributed by atoms with Crippen molar-refractivity contribution in [1.82, 2.24) is 9.88 Å². The Morgan fingerprint density at radius 1 is 1.12 bits per heavy atom. The molecule has 25 heavy (non-hydrogen) atoms. The van der Waals surface area contributed by atoms with Crippen LogP contribution in [0.2, 0.25) is 0 Å². The van der Waals surface area contributed by atoms with Gasteiger partial charge in [0.1, 0.15) is 5.82 Å². The van der Waals surface area contributed by atoms with Crippen molar-refractivity contribution in [3.8, 4) is 0 Å². The summed E-state index contributed by atoms with van der Waals surface area (Å²) < 4.78 is 0. The monoisotopic (exact) mass is 338 g/mol. The maximum Gasteiger partial charge on any atom is 0.255 e. The molecule has 2 aromatic rings. The minimum absolute atomic E-state index is 0.0515. The first kappa shape index (κ1) is 17.0. The van der Waals surface area contributed by atoms with Crippen LogP contribution < -0.4 is 10.6 Å². The largest absolute Gasteiger partial charge is 0.369 e. The standard InChI is InChI=1S/C19H22N4O2/c1-22(16-5-3-2-4-6-16)17-8-7-15(13-21-17)19(25)23-11-9-14(10-12-23)18(20)24/h2-8,13-14H,9-12H2,1H3,(H2,20,24). The van der Waals surface area contributed by atoms with E-state index in [4.69, 9.17) is 5.73 Å². The molecule has 2 heterocycles. The summed E-state index contributed by atoms with van der Waals surface area (Å²) in [4.78, 5) is 32.0. The lowest BCUT2D eigenvalue weighted by Crippen LogP contribution is -2.41. The number of benzene rings is 1. The van der Waals surface area contributed by atoms with E-state index in [-0.39, 0.29) is 17.7 Å². The van der Waals surface area contributed by atoms with Gasteiger partial charge < -0.3 is 15.5 Å². The minimum Gasteiger partial charge on any atom is -0.369 e. The average molecular weight is 338 g/mol. The normalized spacial score (nSPS) is 15.0. The summed E-state index contributed by atoms with van der Waals surface area (Å²) in [6, 6.07) is 13.6. The van der Waals surface area contributed by atoms with Gasteiger partial charge in [-0.2, -0.15) is 0 Å². The van der Waals surface area contributed by atoms with Crippen LogP contribution >= 0.6 is 0 Å². The zero-order valence-electron chi connectivity index (χ0n) is 14.3. The van der Waals surface area contributed by atoms with Gasteiger partial charge >= 0.3 is 0 Å². The Morgan fingerprint density at radius 2 is 1.80 bits per heavy atom. The van der Waals surface area contributed by atoms with Crippen molar-refractivity contribution in [3.05, 3.63) is 54.2 Å². The molecule has 1 aliphatic heterocycles. The van der Waals surface area contributed by atoms with Crippen molar-refractivity contribution in [3.63, 3.8) is 0 Å². The Bertz CT molecular complexity index is 738. The van der Waals surface area contributed by atoms with Crippen LogP contribution in [0.4, 0.5) is 11.5 Å². The molecule has 1 saturated heterocycles. The lowest BCUT2D eigenvalue weighted by atomic mass is 9.96. The highest BCUT2D eigenvalue weighted by molar-refractivity contribution is 5.94. The van der Waals surface area contributed by atoms with E-state index in [1.165, 1.54) is 0 Å². The number of amides is 2. The summed E-state index contributed by atoms with van der Waals surface area (Å²) in [5, 5.41) is 0. The number of rotatable bonds is 4. The van der Waals surface area contributed by atoms with Gasteiger partial charge in [0.25, 0.3) is 5.91 Å². The zero-order valence-corrected chi connectivity index (χ0v) is 14.3. The quantitative estimate of drug-likeness (QED) is 0.927. The number of nitrogens with two attached hydrogens (primary N) is 1. The second kappa shape index (κ2) is 7.34. The summed E-state index contributed by atoms with van der Waals surface area (Å²) in [6.45, 7) is 1.11. The summed E-state index contributed by atoms with van der Waals surface area (Å²) >= 11 is 0. The van der Waals surface area contributed by atoms with Crippen LogP contribution in [0.15, 0.2) is 48.7 Å². The predicted molar refractivity (Wildman–Crippen MR) is 96.6 cm³/mol. The third-order valence-corrected chi connectivity index (χ3v) is 4.67. The maximum atomic E-state index is 12.6. The smallest absolute Gasteiger partial charge is 0.255 e. The number of carbonyl (C=O) groups is 2. The van der Waals surface area contributed by atoms with Gasteiger partial charge in [-0.3, -0.25) is 9.59 Å². The van der Waals surface area contributed by atoms with Gasteiger partial charge in [-0.1, -0.05) is 18.2 Å². The van der Waals surface area contributed by atoms with Crippen LogP contribution in [0.1, 0.15) is 23.2 Å². The number of primary amides is 1. The lowest BCUT2D eigenvalue weighted by Gasteiger charge is -2.30. The van der Waals surface area contributed by atoms with Crippen molar-refractivity contribution in [2.45, 2.75) is 12.8 Å². The van der Waals surface area contributed by atoms with Crippen LogP contribution in [-0.2, 0) is 4.79 Å². The number of carbonyl (C=O) groups excluding carboxylic acids is 2. The van der Waals surface area contributed by atoms with Crippen LogP contribution in [0.25, 0.3) is 0 Å². The number of aromatic nitrogens is 1. The molecule has 0 bridgehead atoms. The van der Waals surface area contributed by atoms with Crippen LogP contribution in [-0.4, -0.2) is 41.8 Å². The number of hydrogen-bond donors (Lipinski definition) is 1. The number of para-hydroxylation sites is 1. The van der Waals surface area contributed by atoms with Gasteiger partial charge in [0.05, 0.1) is 5.56 Å². The van der Waals surface area contributed by atoms with E-state index in [2.05, 4.69) is 4.98 Å². The van der Waals surface area contributed by atoms with Gasteiger partial charge in [0.15, 0.2) is 0 Å². The molecule has 6 heteroatoms. The number of likely N-dealkylation sites (tertiary alicyclic amines) is 1. The van der Waals surface area contributed by atoms with E-state index >= 15 is 0 Å². The van der Waals surface area contributed by atoms with E-state index in [9.17, 15) is 9.59 Å². The summed E-state index contributed by atoms with van der Waals surface area (Å²) in [5.74, 6) is 0.325. The SMILES string of the molecule is CN(c1ccccc1)c1ccc(C(=O)N2CCC(C(N)=O)CC2)cn1. The Hall–Kier alpha value is -2.89. The summed E-state index contributed by atoms with van der Waals surface area (Å²) in [6.07, 6.45) is 2.87. The fourth-order valence-electron chi connectivity index (χ4n) is 3.04. The lowest BCUT2D eigenvalue weighted by molar-refractivity contribution is -0.123. The van der Waals surface area contributed by atoms with Gasteiger partial charge in [-0.25, -0.2) is 4.98 Å². The van der Waals surface area contributed by atoms with Crippen molar-refractivity contribution in [2.75, 3.05) is 25.0 Å². The molecule has 2 N–H and O–H groups in total. The number of nitrogens with zero attached hydrogens (tertiary/aromatic N) is 3. The van der Waals surface area contributed by atoms with Crippen molar-refractivity contribution < 1.29 is 9.59 Å². The average Bonchev–Trinajstić information content (AvgIpc) is 2.67. The molecule has 1 aliphatic rings. The molecular formula is C19H22N4O2. The molecule has 1 aromatic carbocycles. The van der Waals surface area contributed by atoms with Gasteiger partial charge in [0.2, 0.25) is 5.91 Å². The fourth-order valence-corrected chi connectivity index (χ4v) is 3.04. The second-order valence-electron chi connectivity index (χ2n) is 6.27. The Balaban J connectivity index is 1.66. The zero-order chi connectivity index (χ0) is 17.8. The topological polar surface area (TPSA) is 79.5 Å². The molecule has 0 radical (unpaired) electrons. The number of pyridine rings is 1. The van der Waals surface area contributed by atoms with Crippen molar-refractivity contribution >= 4 is 23.3 Å². The molecule has 0 spiro atoms. The van der Waals surface area contributed by atoms with Crippen LogP contribution in [0, 0.1) is 5.92 Å². The predicted octanol–water partition coefficient (Wildman–Crippen LogP) is 2.19. The summed E-state index contributed by atoms with van der Waals surface area (Å²) in [5.41, 5.74) is 6.92. The summed E-state index contributed by atoms with van der Waals surface area (Å²) in [7, 11) is 1.94. The highest BCUT2D eigenvalue weighted by Crippen LogP contribution is 2.22. The minimum atomic E-state index is -0.276. The molecule has 6 nitrogen and oxygen atoms in total. The van der Waals surface area contributed by atoms with E-state index in [0.717, 1.165) is 11.5 Å². The third kappa shape index (κ3) is 3.79. The second-order valence-corrected chi connectivity index (χ2v) is 6.27. The molecule has 0 aliphatic carbocycles. The number of hydrogen-bond acceptors (Lipinski definition) is 4. The van der Waals surface area contributed by atoms with E-state index in [1.807, 2.05) is 48.3 Å². The molecule has 0 unspecified atom stereocenters. The molecular weight excluding hydrogens is 316 g/mol. The molecule has 0 atom stereocenters. The first-order valence-electron chi connectivity index (χ1n) is 8.39. The Morgan fingerprint density at radius 3 is 2.36 bits per heavy atom. The van der Waals surface area contributed by atoms with Crippen LogP contribution in [0.5, 0.6) is 0 Å². The van der Waals surface area contributed by atoms with Crippen molar-refractivity contribution in [2.24, 2.45) is 11.7 Å².